The molecule has 0 aromatic heterocycles. The zero-order chi connectivity index (χ0) is 81.4. The fourth-order valence-electron chi connectivity index (χ4n) is 12.0. The number of amides is 2. The number of aliphatic hydroxyl groups excluding tert-OH is 4. The van der Waals surface area contributed by atoms with Crippen LogP contribution in [0.1, 0.15) is 158 Å². The lowest BCUT2D eigenvalue weighted by Gasteiger charge is -2.41. The average Bonchev–Trinajstić information content (AvgIpc) is 1.74. The fourth-order valence-corrected chi connectivity index (χ4v) is 16.6. The Balaban J connectivity index is 0.000000289. The minimum atomic E-state index is -2.07. The van der Waals surface area contributed by atoms with E-state index in [2.05, 4.69) is 118 Å². The molecule has 0 bridgehead atoms. The Morgan fingerprint density at radius 3 is 1.19 bits per heavy atom. The number of benzene rings is 5. The zero-order valence-electron chi connectivity index (χ0n) is 66.8. The van der Waals surface area contributed by atoms with Crippen LogP contribution in [0.5, 0.6) is 11.5 Å². The van der Waals surface area contributed by atoms with E-state index < -0.39 is 70.3 Å². The third-order valence-corrected chi connectivity index (χ3v) is 30.7. The Kier molecular flexibility index (Phi) is 40.6. The number of para-hydroxylation sites is 2. The topological polar surface area (TPSA) is 355 Å². The Morgan fingerprint density at radius 1 is 0.486 bits per heavy atom. The maximum absolute atomic E-state index is 12.9. The predicted octanol–water partition coefficient (Wildman–Crippen LogP) is 13.6. The first kappa shape index (κ1) is 95.0. The van der Waals surface area contributed by atoms with Crippen LogP contribution < -0.4 is 31.9 Å². The van der Waals surface area contributed by atoms with Crippen LogP contribution in [-0.4, -0.2) is 154 Å². The van der Waals surface area contributed by atoms with Gasteiger partial charge in [0.15, 0.2) is 39.7 Å². The lowest BCUT2D eigenvalue weighted by molar-refractivity contribution is -0.140. The van der Waals surface area contributed by atoms with Crippen molar-refractivity contribution < 1.29 is 86.7 Å². The molecule has 0 radical (unpaired) electrons. The van der Waals surface area contributed by atoms with E-state index in [1.54, 1.807) is 0 Å². The molecule has 2 aliphatic carbocycles. The molecule has 4 fully saturated rings. The summed E-state index contributed by atoms with van der Waals surface area (Å²) in [4.78, 5) is 78.7. The van der Waals surface area contributed by atoms with Crippen LogP contribution in [0.2, 0.25) is 36.3 Å². The minimum Gasteiger partial charge on any atom is -0.481 e. The van der Waals surface area contributed by atoms with E-state index in [9.17, 15) is 49.2 Å². The molecule has 26 heteroatoms. The quantitative estimate of drug-likeness (QED) is 0.00883. The third-order valence-electron chi connectivity index (χ3n) is 20.0. The first-order valence-electron chi connectivity index (χ1n) is 37.9. The van der Waals surface area contributed by atoms with Crippen molar-refractivity contribution in [3.8, 4) is 11.5 Å². The fraction of sp³-hybridized carbons (Fsp3) is 0.566. The number of aliphatic hydroxyl groups is 4. The van der Waals surface area contributed by atoms with E-state index in [1.165, 1.54) is 5.56 Å². The van der Waals surface area contributed by atoms with Gasteiger partial charge < -0.3 is 71.4 Å². The van der Waals surface area contributed by atoms with Crippen molar-refractivity contribution in [3.05, 3.63) is 168 Å². The van der Waals surface area contributed by atoms with E-state index >= 15 is 0 Å². The number of carboxylic acid groups (broad SMARTS) is 2. The van der Waals surface area contributed by atoms with E-state index in [0.29, 0.717) is 61.4 Å². The van der Waals surface area contributed by atoms with Gasteiger partial charge in [0.05, 0.1) is 98.5 Å². The van der Waals surface area contributed by atoms with Gasteiger partial charge in [-0.25, -0.2) is 0 Å². The van der Waals surface area contributed by atoms with Crippen LogP contribution in [0.3, 0.4) is 0 Å². The van der Waals surface area contributed by atoms with E-state index in [4.69, 9.17) is 49.0 Å². The van der Waals surface area contributed by atoms with Gasteiger partial charge in [-0.2, -0.15) is 0 Å². The van der Waals surface area contributed by atoms with Crippen LogP contribution >= 0.6 is 24.1 Å². The molecule has 9 rings (SSSR count). The number of carboxylic acids is 2. The number of nitrogens with two attached hydrogens (primary N) is 2. The van der Waals surface area contributed by atoms with Crippen LogP contribution in [0.4, 0.5) is 0 Å². The van der Waals surface area contributed by atoms with E-state index in [0.717, 1.165) is 54.5 Å². The standard InChI is InChI=1S/C24H32O4SSi.C21H34O4SSi.C11H15NO3.C11H13NO2.C8H17NO3.C8H15NO2/c1-24(2,3)30(4,5)27-22-19(16-18-12-8-6-9-13-18)17-21(25)23(22)29-28-26-20-14-10-7-11-15-20;1-15(2)13-16-14-18(22)20(19(16)24-27(6,7)21(3,4)5)26-25-23-17-11-9-8-10-12-17;12-9(10(13)7-11(14)15)6-8-4-2-1-3-5-8;13-10-7-11(14)12-9(10)6-8-4-2-1-3-5-8;1-5(2)3-6(9)7(10)4-8(11)12;1-5(2)3-6-7(10)4-8(11)9-6/h6-15,19,22-23H,16-17H2,1-5H3;8-12,15-16,19-20H,13-14H2,1-7H3;1-5,9-10,13H,6-7,12H2,(H,14,15);1-5,9-10,13H,6-7H2,(H,12,14);5-7,10H,3-4,9H2,1-2H3,(H,11,12);5-7,10H,3-4H2,1-2H3,(H,9,11)/t19-,22-,23?;16-,19-,20?;2*9-,10-;2*6-,7-/m110000/s1. The maximum atomic E-state index is 12.9. The average molecular weight is 1590 g/mol. The number of aliphatic carboxylic acids is 2. The van der Waals surface area contributed by atoms with Crippen molar-refractivity contribution in [1.29, 1.82) is 0 Å². The molecule has 2 unspecified atom stereocenters. The molecule has 22 nitrogen and oxygen atoms in total. The molecule has 2 heterocycles. The number of Topliss-reactive ketones (excluding diaryl/α,β-unsaturated/α-hetero) is 2. The van der Waals surface area contributed by atoms with Gasteiger partial charge >= 0.3 is 11.9 Å². The lowest BCUT2D eigenvalue weighted by Crippen LogP contribution is -2.47. The lowest BCUT2D eigenvalue weighted by atomic mass is 9.94. The van der Waals surface area contributed by atoms with Gasteiger partial charge in [0.2, 0.25) is 11.8 Å². The van der Waals surface area contributed by atoms with E-state index in [-0.39, 0.29) is 101 Å². The van der Waals surface area contributed by atoms with Gasteiger partial charge in [-0.15, -0.1) is 8.67 Å². The number of ketones is 2. The number of carbonyl (C=O) groups excluding carboxylic acids is 4. The summed E-state index contributed by atoms with van der Waals surface area (Å²) in [5.41, 5.74) is 14.6. The Morgan fingerprint density at radius 2 is 0.835 bits per heavy atom. The second-order valence-electron chi connectivity index (χ2n) is 33.0. The molecule has 4 aliphatic rings. The van der Waals surface area contributed by atoms with Crippen molar-refractivity contribution >= 4 is 76.0 Å². The van der Waals surface area contributed by atoms with Gasteiger partial charge in [-0.05, 0) is 145 Å². The smallest absolute Gasteiger partial charge is 0.306 e. The highest BCUT2D eigenvalue weighted by molar-refractivity contribution is 7.96. The maximum Gasteiger partial charge on any atom is 0.306 e. The first-order valence-corrected chi connectivity index (χ1v) is 45.4. The molecule has 12 N–H and O–H groups in total. The summed E-state index contributed by atoms with van der Waals surface area (Å²) in [7, 11) is -4.06. The molecule has 2 saturated carbocycles. The summed E-state index contributed by atoms with van der Waals surface area (Å²) in [5.74, 6) is 1.27. The van der Waals surface area contributed by atoms with Crippen molar-refractivity contribution in [2.45, 2.75) is 268 Å². The second kappa shape index (κ2) is 46.6. The number of rotatable bonds is 30. The van der Waals surface area contributed by atoms with Crippen LogP contribution in [0, 0.1) is 29.6 Å². The summed E-state index contributed by atoms with van der Waals surface area (Å²) < 4.78 is 24.3. The zero-order valence-corrected chi connectivity index (χ0v) is 70.4. The van der Waals surface area contributed by atoms with Crippen LogP contribution in [0.15, 0.2) is 152 Å². The first-order chi connectivity index (χ1) is 51.1. The molecule has 606 valence electrons. The van der Waals surface area contributed by atoms with Gasteiger partial charge in [0.25, 0.3) is 0 Å². The highest BCUT2D eigenvalue weighted by atomic mass is 32.2. The summed E-state index contributed by atoms with van der Waals surface area (Å²) in [6.07, 6.45) is 2.25. The monoisotopic (exact) mass is 1590 g/mol. The molecular weight excluding hydrogens is 1460 g/mol. The number of hydrogen-bond donors (Lipinski definition) is 10. The van der Waals surface area contributed by atoms with Crippen LogP contribution in [-0.2, 0) is 65.5 Å². The van der Waals surface area contributed by atoms with Gasteiger partial charge in [0.1, 0.15) is 10.5 Å². The second-order valence-corrected chi connectivity index (χ2v) is 44.2. The highest BCUT2D eigenvalue weighted by Crippen LogP contribution is 2.46. The van der Waals surface area contributed by atoms with Crippen molar-refractivity contribution in [2.24, 2.45) is 41.1 Å². The molecule has 5 aromatic rings. The van der Waals surface area contributed by atoms with Crippen molar-refractivity contribution in [2.75, 3.05) is 0 Å². The highest BCUT2D eigenvalue weighted by Gasteiger charge is 2.51. The number of carbonyl (C=O) groups is 6. The molecule has 0 spiro atoms. The molecular formula is C83H126N4O18S2Si2. The summed E-state index contributed by atoms with van der Waals surface area (Å²) in [6, 6.07) is 47.2. The molecule has 2 saturated heterocycles. The third kappa shape index (κ3) is 35.1. The molecule has 2 amide bonds. The number of hydrogen-bond acceptors (Lipinski definition) is 20. The minimum absolute atomic E-state index is 0.0116. The normalized spacial score (nSPS) is 22.3. The SMILES string of the molecule is CC(C)(C)[Si](C)(C)O[C@H]1C(SOOc2ccccc2)C(=O)C[C@H]1Cc1ccccc1.CC(C)C[C@@H]1CC(=O)C(SOOc2ccccc2)[C@@H]1O[Si](C)(C)C(C)(C)C.CC(C)C[C@@H]1NC(=O)C[C@@H]1O.CC(C)C[C@H](N)[C@@H](O)CC(=O)O.N[C@@H](Cc1ccccc1)[C@@H](O)CC(=O)O.O=C1C[C@H](O)[C@H](Cc2ccccc2)N1. The summed E-state index contributed by atoms with van der Waals surface area (Å²) in [6.45, 7) is 34.8. The Bertz CT molecular complexity index is 3470. The largest absolute Gasteiger partial charge is 0.481 e. The molecule has 2 aliphatic heterocycles. The molecule has 14 atom stereocenters. The summed E-state index contributed by atoms with van der Waals surface area (Å²) >= 11 is 2.19. The van der Waals surface area contributed by atoms with Crippen molar-refractivity contribution in [1.82, 2.24) is 10.6 Å². The molecule has 5 aromatic carbocycles. The van der Waals surface area contributed by atoms with Crippen molar-refractivity contribution in [3.63, 3.8) is 0 Å². The predicted molar refractivity (Wildman–Crippen MR) is 436 cm³/mol. The van der Waals surface area contributed by atoms with Gasteiger partial charge in [-0.3, -0.25) is 28.8 Å². The van der Waals surface area contributed by atoms with E-state index in [1.807, 2.05) is 153 Å². The van der Waals surface area contributed by atoms with Gasteiger partial charge in [-0.1, -0.05) is 210 Å². The van der Waals surface area contributed by atoms with Gasteiger partial charge in [0, 0.05) is 24.9 Å². The molecule has 109 heavy (non-hydrogen) atoms. The Hall–Kier alpha value is -6.35. The van der Waals surface area contributed by atoms with Crippen LogP contribution in [0.25, 0.3) is 0 Å². The summed E-state index contributed by atoms with van der Waals surface area (Å²) in [5, 5.41) is 59.3. The Labute approximate surface area is 658 Å². The number of nitrogens with one attached hydrogen (secondary N) is 2.